The quantitative estimate of drug-likeness (QED) is 0.354. The number of hydrogen-bond donors (Lipinski definition) is 1. The van der Waals surface area contributed by atoms with Crippen molar-refractivity contribution in [2.24, 2.45) is 0 Å². The number of nitrogens with zero attached hydrogens (tertiary/aromatic N) is 3. The van der Waals surface area contributed by atoms with E-state index in [9.17, 15) is 22.4 Å². The molecule has 1 amide bonds. The van der Waals surface area contributed by atoms with Crippen LogP contribution in [0.25, 0.3) is 16.5 Å². The lowest BCUT2D eigenvalue weighted by atomic mass is 10.1. The molecule has 1 N–H and O–H groups in total. The number of carbonyl (C=O) groups excluding carboxylic acids is 1. The Bertz CT molecular complexity index is 1270. The highest BCUT2D eigenvalue weighted by Gasteiger charge is 2.42. The van der Waals surface area contributed by atoms with Crippen LogP contribution in [0.5, 0.6) is 5.75 Å². The summed E-state index contributed by atoms with van der Waals surface area (Å²) in [6.07, 6.45) is -4.94. The molecule has 1 aromatic heterocycles. The molecule has 3 aromatic carbocycles. The van der Waals surface area contributed by atoms with Gasteiger partial charge >= 0.3 is 6.18 Å². The van der Waals surface area contributed by atoms with Crippen molar-refractivity contribution in [3.63, 3.8) is 0 Å². The van der Waals surface area contributed by atoms with Crippen LogP contribution in [-0.4, -0.2) is 34.1 Å². The number of hydrogen-bond acceptors (Lipinski definition) is 4. The van der Waals surface area contributed by atoms with Gasteiger partial charge < -0.3 is 10.1 Å². The van der Waals surface area contributed by atoms with Gasteiger partial charge in [0.15, 0.2) is 11.4 Å². The second-order valence-electron chi connectivity index (χ2n) is 6.76. The highest BCUT2D eigenvalue weighted by atomic mass is 19.4. The number of carbonyl (C=O) groups is 1. The van der Waals surface area contributed by atoms with Gasteiger partial charge in [-0.25, -0.2) is 9.07 Å². The van der Waals surface area contributed by atoms with Gasteiger partial charge in [0.05, 0.1) is 12.2 Å². The number of ether oxygens (including phenoxy) is 1. The fourth-order valence-corrected chi connectivity index (χ4v) is 3.21. The maximum Gasteiger partial charge on any atom is 0.435 e. The van der Waals surface area contributed by atoms with E-state index in [4.69, 9.17) is 4.74 Å². The van der Waals surface area contributed by atoms with E-state index in [0.29, 0.717) is 10.4 Å². The minimum Gasteiger partial charge on any atom is -0.491 e. The largest absolute Gasteiger partial charge is 0.491 e. The Balaban J connectivity index is 1.47. The zero-order valence-electron chi connectivity index (χ0n) is 16.4. The number of aromatic nitrogens is 3. The van der Waals surface area contributed by atoms with Gasteiger partial charge in [0.2, 0.25) is 0 Å². The van der Waals surface area contributed by atoms with Crippen molar-refractivity contribution in [1.29, 1.82) is 0 Å². The SMILES string of the molecule is O=C(NCCOc1cccc2ccccc12)c1nnn(-c2cccc(F)c2)c1C(F)(F)F. The molecule has 0 spiro atoms. The maximum absolute atomic E-state index is 13.6. The Morgan fingerprint density at radius 3 is 2.56 bits per heavy atom. The van der Waals surface area contributed by atoms with E-state index >= 15 is 0 Å². The number of rotatable bonds is 6. The minimum atomic E-state index is -4.94. The topological polar surface area (TPSA) is 69.0 Å². The molecule has 0 unspecified atom stereocenters. The number of halogens is 4. The van der Waals surface area contributed by atoms with Crippen LogP contribution in [0.3, 0.4) is 0 Å². The summed E-state index contributed by atoms with van der Waals surface area (Å²) in [4.78, 5) is 12.4. The summed E-state index contributed by atoms with van der Waals surface area (Å²) in [5, 5.41) is 11.0. The normalized spacial score (nSPS) is 11.5. The Hall–Kier alpha value is -3.95. The molecule has 0 atom stereocenters. The van der Waals surface area contributed by atoms with E-state index in [1.54, 1.807) is 6.07 Å². The van der Waals surface area contributed by atoms with Crippen molar-refractivity contribution in [3.05, 3.63) is 83.9 Å². The highest BCUT2D eigenvalue weighted by molar-refractivity contribution is 5.93. The number of fused-ring (bicyclic) bond motifs is 1. The van der Waals surface area contributed by atoms with E-state index in [1.807, 2.05) is 36.4 Å². The third-order valence-corrected chi connectivity index (χ3v) is 4.60. The standard InChI is InChI=1S/C22H16F4N4O2/c23-15-7-4-8-16(13-15)30-20(22(24,25)26)19(28-29-30)21(31)27-11-12-32-18-10-3-6-14-5-1-2-9-17(14)18/h1-10,13H,11-12H2,(H,27,31). The van der Waals surface area contributed by atoms with Gasteiger partial charge in [-0.05, 0) is 29.7 Å². The van der Waals surface area contributed by atoms with Crippen molar-refractivity contribution in [2.75, 3.05) is 13.2 Å². The summed E-state index contributed by atoms with van der Waals surface area (Å²) in [5.41, 5.74) is -2.51. The van der Waals surface area contributed by atoms with Crippen LogP contribution in [0.1, 0.15) is 16.2 Å². The third kappa shape index (κ3) is 4.39. The van der Waals surface area contributed by atoms with E-state index in [0.717, 1.165) is 22.9 Å². The van der Waals surface area contributed by atoms with Gasteiger partial charge in [0, 0.05) is 5.39 Å². The molecule has 1 heterocycles. The molecule has 0 fully saturated rings. The first-order chi connectivity index (χ1) is 15.3. The first-order valence-corrected chi connectivity index (χ1v) is 9.52. The second kappa shape index (κ2) is 8.66. The van der Waals surface area contributed by atoms with Crippen molar-refractivity contribution in [3.8, 4) is 11.4 Å². The molecular weight excluding hydrogens is 428 g/mol. The molecule has 4 aromatic rings. The van der Waals surface area contributed by atoms with E-state index in [1.165, 1.54) is 12.1 Å². The Kier molecular flexibility index (Phi) is 5.76. The molecule has 0 aliphatic rings. The highest BCUT2D eigenvalue weighted by Crippen LogP contribution is 2.32. The van der Waals surface area contributed by atoms with Crippen LogP contribution in [-0.2, 0) is 6.18 Å². The lowest BCUT2D eigenvalue weighted by Crippen LogP contribution is -2.30. The molecule has 0 saturated carbocycles. The molecule has 0 radical (unpaired) electrons. The molecule has 0 aliphatic carbocycles. The molecule has 0 aliphatic heterocycles. The number of nitrogens with one attached hydrogen (secondary N) is 1. The summed E-state index contributed by atoms with van der Waals surface area (Å²) in [6, 6.07) is 17.5. The van der Waals surface area contributed by atoms with Crippen molar-refractivity contribution < 1.29 is 27.1 Å². The molecule has 0 saturated heterocycles. The van der Waals surface area contributed by atoms with Gasteiger partial charge in [0.1, 0.15) is 18.2 Å². The molecule has 10 heteroatoms. The molecule has 4 rings (SSSR count). The Morgan fingerprint density at radius 1 is 1.03 bits per heavy atom. The van der Waals surface area contributed by atoms with Gasteiger partial charge in [-0.15, -0.1) is 5.10 Å². The summed E-state index contributed by atoms with van der Waals surface area (Å²) >= 11 is 0. The number of amides is 1. The predicted octanol–water partition coefficient (Wildman–Crippen LogP) is 4.39. The van der Waals surface area contributed by atoms with Crippen LogP contribution in [0.4, 0.5) is 17.6 Å². The van der Waals surface area contributed by atoms with Crippen molar-refractivity contribution in [1.82, 2.24) is 20.3 Å². The van der Waals surface area contributed by atoms with Crippen molar-refractivity contribution >= 4 is 16.7 Å². The first kappa shape index (κ1) is 21.3. The third-order valence-electron chi connectivity index (χ3n) is 4.60. The predicted molar refractivity (Wildman–Crippen MR) is 108 cm³/mol. The average molecular weight is 444 g/mol. The lowest BCUT2D eigenvalue weighted by molar-refractivity contribution is -0.143. The molecule has 164 valence electrons. The smallest absolute Gasteiger partial charge is 0.435 e. The number of benzene rings is 3. The summed E-state index contributed by atoms with van der Waals surface area (Å²) in [6.45, 7) is -0.0364. The minimum absolute atomic E-state index is 0.0269. The Morgan fingerprint density at radius 2 is 1.78 bits per heavy atom. The Labute approximate surface area is 179 Å². The number of alkyl halides is 3. The maximum atomic E-state index is 13.6. The summed E-state index contributed by atoms with van der Waals surface area (Å²) in [7, 11) is 0. The fraction of sp³-hybridized carbons (Fsp3) is 0.136. The van der Waals surface area contributed by atoms with Gasteiger partial charge in [-0.2, -0.15) is 13.2 Å². The van der Waals surface area contributed by atoms with Gasteiger partial charge in [0.25, 0.3) is 5.91 Å². The molecule has 32 heavy (non-hydrogen) atoms. The molecule has 0 bridgehead atoms. The van der Waals surface area contributed by atoms with E-state index in [2.05, 4.69) is 15.6 Å². The molecular formula is C22H16F4N4O2. The van der Waals surface area contributed by atoms with Crippen LogP contribution in [0.2, 0.25) is 0 Å². The lowest BCUT2D eigenvalue weighted by Gasteiger charge is -2.12. The monoisotopic (exact) mass is 444 g/mol. The van der Waals surface area contributed by atoms with Gasteiger partial charge in [-0.1, -0.05) is 47.7 Å². The summed E-state index contributed by atoms with van der Waals surface area (Å²) < 4.78 is 60.5. The molecule has 6 nitrogen and oxygen atoms in total. The van der Waals surface area contributed by atoms with E-state index < -0.39 is 29.3 Å². The van der Waals surface area contributed by atoms with Crippen LogP contribution < -0.4 is 10.1 Å². The van der Waals surface area contributed by atoms with Gasteiger partial charge in [-0.3, -0.25) is 4.79 Å². The van der Waals surface area contributed by atoms with Crippen LogP contribution in [0.15, 0.2) is 66.7 Å². The second-order valence-corrected chi connectivity index (χ2v) is 6.76. The zero-order chi connectivity index (χ0) is 22.7. The fourth-order valence-electron chi connectivity index (χ4n) is 3.21. The van der Waals surface area contributed by atoms with E-state index in [-0.39, 0.29) is 18.8 Å². The summed E-state index contributed by atoms with van der Waals surface area (Å²) in [5.74, 6) is -1.23. The van der Waals surface area contributed by atoms with Crippen LogP contribution in [0, 0.1) is 5.82 Å². The van der Waals surface area contributed by atoms with Crippen LogP contribution >= 0.6 is 0 Å². The van der Waals surface area contributed by atoms with Crippen molar-refractivity contribution in [2.45, 2.75) is 6.18 Å². The first-order valence-electron chi connectivity index (χ1n) is 9.52. The zero-order valence-corrected chi connectivity index (χ0v) is 16.4. The average Bonchev–Trinajstić information content (AvgIpc) is 3.23.